The van der Waals surface area contributed by atoms with Crippen LogP contribution in [0.2, 0.25) is 0 Å². The first-order valence-electron chi connectivity index (χ1n) is 4.97. The van der Waals surface area contributed by atoms with Gasteiger partial charge < -0.3 is 10.5 Å². The Hall–Kier alpha value is -1.07. The van der Waals surface area contributed by atoms with E-state index in [4.69, 9.17) is 5.73 Å². The predicted molar refractivity (Wildman–Crippen MR) is 65.1 cm³/mol. The van der Waals surface area contributed by atoms with Gasteiger partial charge in [0, 0.05) is 17.2 Å². The van der Waals surface area contributed by atoms with E-state index < -0.39 is 6.04 Å². The minimum atomic E-state index is -0.556. The van der Waals surface area contributed by atoms with Crippen molar-refractivity contribution in [1.29, 1.82) is 0 Å². The average Bonchev–Trinajstić information content (AvgIpc) is 2.28. The van der Waals surface area contributed by atoms with Crippen LogP contribution >= 0.6 is 11.8 Å². The Balaban J connectivity index is 2.33. The van der Waals surface area contributed by atoms with Gasteiger partial charge in [0.25, 0.3) is 0 Å². The first kappa shape index (κ1) is 13.0. The van der Waals surface area contributed by atoms with Gasteiger partial charge in [-0.1, -0.05) is 6.07 Å². The van der Waals surface area contributed by atoms with E-state index in [-0.39, 0.29) is 5.97 Å². The molecule has 1 rings (SSSR count). The molecule has 0 aromatic carbocycles. The second-order valence-corrected chi connectivity index (χ2v) is 4.45. The summed E-state index contributed by atoms with van der Waals surface area (Å²) in [5, 5.41) is 0. The molecule has 0 spiro atoms. The highest BCUT2D eigenvalue weighted by atomic mass is 32.2. The molecule has 0 saturated carbocycles. The Kier molecular flexibility index (Phi) is 5.28. The molecule has 0 amide bonds. The van der Waals surface area contributed by atoms with Crippen molar-refractivity contribution in [3.05, 3.63) is 29.6 Å². The van der Waals surface area contributed by atoms with Gasteiger partial charge in [0.15, 0.2) is 0 Å². The Labute approximate surface area is 99.6 Å². The van der Waals surface area contributed by atoms with Gasteiger partial charge in [-0.25, -0.2) is 0 Å². The Morgan fingerprint density at radius 1 is 1.62 bits per heavy atom. The van der Waals surface area contributed by atoms with Crippen molar-refractivity contribution in [2.24, 2.45) is 5.73 Å². The third kappa shape index (κ3) is 4.20. The van der Waals surface area contributed by atoms with Crippen molar-refractivity contribution in [2.45, 2.75) is 18.7 Å². The van der Waals surface area contributed by atoms with Crippen molar-refractivity contribution in [2.75, 3.05) is 12.9 Å². The fraction of sp³-hybridized carbons (Fsp3) is 0.455. The molecular formula is C11H16N2O2S. The molecule has 0 aliphatic carbocycles. The molecule has 0 radical (unpaired) electrons. The maximum absolute atomic E-state index is 11.0. The van der Waals surface area contributed by atoms with Gasteiger partial charge in [-0.15, -0.1) is 0 Å². The van der Waals surface area contributed by atoms with Crippen molar-refractivity contribution < 1.29 is 9.53 Å². The number of hydrogen-bond acceptors (Lipinski definition) is 5. The van der Waals surface area contributed by atoms with E-state index in [1.165, 1.54) is 7.11 Å². The molecule has 5 heteroatoms. The minimum Gasteiger partial charge on any atom is -0.468 e. The lowest BCUT2D eigenvalue weighted by molar-refractivity contribution is -0.141. The molecule has 0 saturated heterocycles. The van der Waals surface area contributed by atoms with Crippen LogP contribution in [0.5, 0.6) is 0 Å². The standard InChI is InChI=1S/C11H16N2O2S/c1-8-4-3-5-9(13-8)6-16-7-10(12)11(14)15-2/h3-5,10H,6-7,12H2,1-2H3. The van der Waals surface area contributed by atoms with Crippen molar-refractivity contribution in [1.82, 2.24) is 4.98 Å². The summed E-state index contributed by atoms with van der Waals surface area (Å²) in [7, 11) is 1.34. The highest BCUT2D eigenvalue weighted by Crippen LogP contribution is 2.11. The van der Waals surface area contributed by atoms with Crippen LogP contribution in [0.25, 0.3) is 0 Å². The Morgan fingerprint density at radius 2 is 2.38 bits per heavy atom. The van der Waals surface area contributed by atoms with Gasteiger partial charge in [0.1, 0.15) is 6.04 Å². The Bertz CT molecular complexity index is 358. The number of carbonyl (C=O) groups excluding carboxylic acids is 1. The van der Waals surface area contributed by atoms with E-state index in [2.05, 4.69) is 9.72 Å². The molecule has 0 aliphatic rings. The molecule has 2 N–H and O–H groups in total. The van der Waals surface area contributed by atoms with E-state index >= 15 is 0 Å². The van der Waals surface area contributed by atoms with Crippen LogP contribution in [0.1, 0.15) is 11.4 Å². The topological polar surface area (TPSA) is 65.2 Å². The lowest BCUT2D eigenvalue weighted by atomic mass is 10.3. The van der Waals surface area contributed by atoms with Gasteiger partial charge in [-0.3, -0.25) is 9.78 Å². The number of esters is 1. The number of ether oxygens (including phenoxy) is 1. The summed E-state index contributed by atoms with van der Waals surface area (Å²) in [5.74, 6) is 0.930. The van der Waals surface area contributed by atoms with Crippen molar-refractivity contribution >= 4 is 17.7 Å². The van der Waals surface area contributed by atoms with Crippen LogP contribution in [0, 0.1) is 6.92 Å². The van der Waals surface area contributed by atoms with Gasteiger partial charge in [-0.05, 0) is 19.1 Å². The highest BCUT2D eigenvalue weighted by molar-refractivity contribution is 7.98. The quantitative estimate of drug-likeness (QED) is 0.781. The van der Waals surface area contributed by atoms with Crippen LogP contribution < -0.4 is 5.73 Å². The largest absolute Gasteiger partial charge is 0.468 e. The van der Waals surface area contributed by atoms with E-state index in [9.17, 15) is 4.79 Å². The maximum atomic E-state index is 11.0. The summed E-state index contributed by atoms with van der Waals surface area (Å²) < 4.78 is 4.54. The fourth-order valence-corrected chi connectivity index (χ4v) is 2.07. The lowest BCUT2D eigenvalue weighted by Crippen LogP contribution is -2.33. The van der Waals surface area contributed by atoms with Crippen molar-refractivity contribution in [3.8, 4) is 0 Å². The summed E-state index contributed by atoms with van der Waals surface area (Å²) in [6.07, 6.45) is 0. The zero-order valence-corrected chi connectivity index (χ0v) is 10.3. The third-order valence-electron chi connectivity index (χ3n) is 2.00. The average molecular weight is 240 g/mol. The van der Waals surface area contributed by atoms with Crippen LogP contribution in [-0.2, 0) is 15.3 Å². The van der Waals surface area contributed by atoms with E-state index in [1.54, 1.807) is 11.8 Å². The molecule has 1 heterocycles. The van der Waals surface area contributed by atoms with Gasteiger partial charge in [-0.2, -0.15) is 11.8 Å². The van der Waals surface area contributed by atoms with E-state index in [0.29, 0.717) is 5.75 Å². The second kappa shape index (κ2) is 6.50. The summed E-state index contributed by atoms with van der Waals surface area (Å²) in [6, 6.07) is 5.33. The molecule has 1 aromatic rings. The molecule has 88 valence electrons. The molecule has 1 atom stereocenters. The molecular weight excluding hydrogens is 224 g/mol. The van der Waals surface area contributed by atoms with E-state index in [1.807, 2.05) is 25.1 Å². The number of hydrogen-bond donors (Lipinski definition) is 1. The molecule has 0 bridgehead atoms. The maximum Gasteiger partial charge on any atom is 0.323 e. The summed E-state index contributed by atoms with van der Waals surface area (Å²) >= 11 is 1.58. The third-order valence-corrected chi connectivity index (χ3v) is 3.09. The number of carbonyl (C=O) groups is 1. The molecule has 16 heavy (non-hydrogen) atoms. The number of aromatic nitrogens is 1. The Morgan fingerprint density at radius 3 is 3.00 bits per heavy atom. The van der Waals surface area contributed by atoms with Crippen LogP contribution in [0.3, 0.4) is 0 Å². The predicted octanol–water partition coefficient (Wildman–Crippen LogP) is 1.12. The normalized spacial score (nSPS) is 12.2. The highest BCUT2D eigenvalue weighted by Gasteiger charge is 2.13. The zero-order valence-electron chi connectivity index (χ0n) is 9.47. The van der Waals surface area contributed by atoms with Crippen LogP contribution in [0.15, 0.2) is 18.2 Å². The number of rotatable bonds is 5. The minimum absolute atomic E-state index is 0.371. The molecule has 1 aromatic heterocycles. The van der Waals surface area contributed by atoms with Crippen molar-refractivity contribution in [3.63, 3.8) is 0 Å². The first-order chi connectivity index (χ1) is 7.63. The summed E-state index contributed by atoms with van der Waals surface area (Å²) in [6.45, 7) is 1.95. The lowest BCUT2D eigenvalue weighted by Gasteiger charge is -2.08. The fourth-order valence-electron chi connectivity index (χ4n) is 1.19. The number of nitrogens with two attached hydrogens (primary N) is 1. The number of thioether (sulfide) groups is 1. The number of methoxy groups -OCH3 is 1. The molecule has 0 fully saturated rings. The SMILES string of the molecule is COC(=O)C(N)CSCc1cccc(C)n1. The summed E-state index contributed by atoms with van der Waals surface area (Å²) in [4.78, 5) is 15.4. The van der Waals surface area contributed by atoms with E-state index in [0.717, 1.165) is 17.1 Å². The van der Waals surface area contributed by atoms with Gasteiger partial charge in [0.2, 0.25) is 0 Å². The second-order valence-electron chi connectivity index (χ2n) is 3.42. The number of nitrogens with zero attached hydrogens (tertiary/aromatic N) is 1. The molecule has 4 nitrogen and oxygen atoms in total. The molecule has 0 aliphatic heterocycles. The number of aryl methyl sites for hydroxylation is 1. The summed E-state index contributed by atoms with van der Waals surface area (Å²) in [5.41, 5.74) is 7.60. The monoisotopic (exact) mass is 240 g/mol. The number of pyridine rings is 1. The molecule has 1 unspecified atom stereocenters. The van der Waals surface area contributed by atoms with Gasteiger partial charge >= 0.3 is 5.97 Å². The van der Waals surface area contributed by atoms with Gasteiger partial charge in [0.05, 0.1) is 12.8 Å². The zero-order chi connectivity index (χ0) is 12.0. The first-order valence-corrected chi connectivity index (χ1v) is 6.12. The smallest absolute Gasteiger partial charge is 0.323 e. The van der Waals surface area contributed by atoms with Crippen LogP contribution in [-0.4, -0.2) is 29.9 Å². The van der Waals surface area contributed by atoms with Crippen LogP contribution in [0.4, 0.5) is 0 Å².